The van der Waals surface area contributed by atoms with Gasteiger partial charge in [-0.25, -0.2) is 0 Å². The average molecular weight is 292 g/mol. The van der Waals surface area contributed by atoms with Gasteiger partial charge in [0.15, 0.2) is 11.5 Å². The van der Waals surface area contributed by atoms with Crippen molar-refractivity contribution in [3.8, 4) is 11.5 Å². The van der Waals surface area contributed by atoms with Crippen molar-refractivity contribution in [2.24, 2.45) is 5.73 Å². The highest BCUT2D eigenvalue weighted by molar-refractivity contribution is 5.97. The summed E-state index contributed by atoms with van der Waals surface area (Å²) in [6.07, 6.45) is 6.20. The first kappa shape index (κ1) is 15.6. The van der Waals surface area contributed by atoms with Crippen LogP contribution in [-0.2, 0) is 0 Å². The number of amides is 1. The van der Waals surface area contributed by atoms with Crippen LogP contribution in [0.2, 0.25) is 0 Å². The zero-order valence-electron chi connectivity index (χ0n) is 12.3. The second-order valence-corrected chi connectivity index (χ2v) is 5.61. The molecule has 4 N–H and O–H groups in total. The van der Waals surface area contributed by atoms with Gasteiger partial charge in [0.1, 0.15) is 0 Å². The summed E-state index contributed by atoms with van der Waals surface area (Å²) >= 11 is 0. The zero-order valence-corrected chi connectivity index (χ0v) is 12.3. The van der Waals surface area contributed by atoms with Crippen LogP contribution in [0.15, 0.2) is 18.2 Å². The van der Waals surface area contributed by atoms with Crippen LogP contribution in [-0.4, -0.2) is 40.2 Å². The Bertz CT molecular complexity index is 484. The lowest BCUT2D eigenvalue weighted by atomic mass is 9.93. The van der Waals surface area contributed by atoms with Gasteiger partial charge in [-0.15, -0.1) is 0 Å². The van der Waals surface area contributed by atoms with E-state index in [2.05, 4.69) is 0 Å². The molecule has 0 unspecified atom stereocenters. The van der Waals surface area contributed by atoms with Crippen molar-refractivity contribution in [3.05, 3.63) is 23.8 Å². The number of phenols is 2. The predicted molar refractivity (Wildman–Crippen MR) is 81.4 cm³/mol. The molecule has 0 aliphatic heterocycles. The summed E-state index contributed by atoms with van der Waals surface area (Å²) in [6, 6.07) is 4.70. The van der Waals surface area contributed by atoms with E-state index in [-0.39, 0.29) is 29.0 Å². The summed E-state index contributed by atoms with van der Waals surface area (Å²) < 4.78 is 0. The molecule has 0 radical (unpaired) electrons. The molecule has 116 valence electrons. The van der Waals surface area contributed by atoms with Gasteiger partial charge in [0.25, 0.3) is 5.91 Å². The first-order chi connectivity index (χ1) is 10.1. The van der Waals surface area contributed by atoms with Gasteiger partial charge in [0.05, 0.1) is 5.56 Å². The molecule has 21 heavy (non-hydrogen) atoms. The van der Waals surface area contributed by atoms with Gasteiger partial charge in [-0.05, 0) is 37.9 Å². The Labute approximate surface area is 125 Å². The molecule has 1 fully saturated rings. The fourth-order valence-electron chi connectivity index (χ4n) is 2.96. The third-order valence-electron chi connectivity index (χ3n) is 4.12. The van der Waals surface area contributed by atoms with Gasteiger partial charge < -0.3 is 20.8 Å². The topological polar surface area (TPSA) is 86.8 Å². The van der Waals surface area contributed by atoms with Crippen LogP contribution in [0.1, 0.15) is 48.9 Å². The van der Waals surface area contributed by atoms with Crippen LogP contribution in [0.5, 0.6) is 11.5 Å². The van der Waals surface area contributed by atoms with E-state index in [4.69, 9.17) is 5.73 Å². The van der Waals surface area contributed by atoms with E-state index in [1.807, 2.05) is 4.90 Å². The quantitative estimate of drug-likeness (QED) is 0.726. The highest BCUT2D eigenvalue weighted by Crippen LogP contribution is 2.31. The minimum atomic E-state index is -0.337. The molecule has 1 aromatic carbocycles. The molecule has 1 aromatic rings. The second-order valence-electron chi connectivity index (χ2n) is 5.61. The summed E-state index contributed by atoms with van der Waals surface area (Å²) in [5.74, 6) is -0.817. The number of para-hydroxylation sites is 1. The molecule has 1 saturated carbocycles. The largest absolute Gasteiger partial charge is 0.504 e. The maximum atomic E-state index is 12.7. The number of carbonyl (C=O) groups excluding carboxylic acids is 1. The van der Waals surface area contributed by atoms with Crippen LogP contribution in [0.3, 0.4) is 0 Å². The number of rotatable bonds is 5. The maximum Gasteiger partial charge on any atom is 0.258 e. The van der Waals surface area contributed by atoms with Crippen LogP contribution in [0.25, 0.3) is 0 Å². The Morgan fingerprint density at radius 1 is 1.24 bits per heavy atom. The third kappa shape index (κ3) is 3.67. The number of benzene rings is 1. The van der Waals surface area contributed by atoms with Gasteiger partial charge in [-0.2, -0.15) is 0 Å². The van der Waals surface area contributed by atoms with Gasteiger partial charge in [-0.1, -0.05) is 25.3 Å². The van der Waals surface area contributed by atoms with Crippen molar-refractivity contribution in [2.75, 3.05) is 13.1 Å². The third-order valence-corrected chi connectivity index (χ3v) is 4.12. The average Bonchev–Trinajstić information content (AvgIpc) is 2.51. The molecule has 0 aromatic heterocycles. The normalized spacial score (nSPS) is 15.9. The monoisotopic (exact) mass is 292 g/mol. The zero-order chi connectivity index (χ0) is 15.2. The van der Waals surface area contributed by atoms with Crippen LogP contribution in [0, 0.1) is 0 Å². The number of phenolic OH excluding ortho intramolecular Hbond substituents is 2. The summed E-state index contributed by atoms with van der Waals surface area (Å²) in [5.41, 5.74) is 5.74. The predicted octanol–water partition coefficient (Wildman–Crippen LogP) is 2.22. The number of carbonyl (C=O) groups is 1. The van der Waals surface area contributed by atoms with Crippen LogP contribution in [0.4, 0.5) is 0 Å². The standard InChI is InChI=1S/C16H24N2O3/c17-10-5-11-18(12-6-2-1-3-7-12)16(21)13-8-4-9-14(19)15(13)20/h4,8-9,12,19-20H,1-3,5-7,10-11,17H2. The van der Waals surface area contributed by atoms with E-state index >= 15 is 0 Å². The van der Waals surface area contributed by atoms with E-state index in [1.54, 1.807) is 12.1 Å². The highest BCUT2D eigenvalue weighted by atomic mass is 16.3. The molecule has 0 spiro atoms. The van der Waals surface area contributed by atoms with Crippen molar-refractivity contribution in [1.29, 1.82) is 0 Å². The van der Waals surface area contributed by atoms with E-state index in [0.717, 1.165) is 32.1 Å². The Balaban J connectivity index is 2.22. The number of nitrogens with zero attached hydrogens (tertiary/aromatic N) is 1. The van der Waals surface area contributed by atoms with Crippen molar-refractivity contribution in [1.82, 2.24) is 4.90 Å². The molecule has 0 saturated heterocycles. The van der Waals surface area contributed by atoms with E-state index in [9.17, 15) is 15.0 Å². The maximum absolute atomic E-state index is 12.7. The Morgan fingerprint density at radius 2 is 1.95 bits per heavy atom. The summed E-state index contributed by atoms with van der Waals surface area (Å²) in [6.45, 7) is 1.12. The summed E-state index contributed by atoms with van der Waals surface area (Å²) in [5, 5.41) is 19.5. The second kappa shape index (κ2) is 7.31. The van der Waals surface area contributed by atoms with E-state index in [0.29, 0.717) is 13.1 Å². The lowest BCUT2D eigenvalue weighted by molar-refractivity contribution is 0.0629. The van der Waals surface area contributed by atoms with Crippen molar-refractivity contribution < 1.29 is 15.0 Å². The molecule has 0 atom stereocenters. The van der Waals surface area contributed by atoms with Gasteiger partial charge in [0.2, 0.25) is 0 Å². The van der Waals surface area contributed by atoms with Gasteiger partial charge in [-0.3, -0.25) is 4.79 Å². The molecular formula is C16H24N2O3. The summed E-state index contributed by atoms with van der Waals surface area (Å²) in [4.78, 5) is 14.6. The molecular weight excluding hydrogens is 268 g/mol. The molecule has 1 aliphatic rings. The van der Waals surface area contributed by atoms with Gasteiger partial charge in [0, 0.05) is 12.6 Å². The molecule has 5 nitrogen and oxygen atoms in total. The first-order valence-electron chi connectivity index (χ1n) is 7.67. The molecule has 0 heterocycles. The van der Waals surface area contributed by atoms with Crippen molar-refractivity contribution in [2.45, 2.75) is 44.6 Å². The molecule has 2 rings (SSSR count). The van der Waals surface area contributed by atoms with Gasteiger partial charge >= 0.3 is 0 Å². The SMILES string of the molecule is NCCCN(C(=O)c1cccc(O)c1O)C1CCCCC1. The lowest BCUT2D eigenvalue weighted by Gasteiger charge is -2.34. The Morgan fingerprint density at radius 3 is 2.62 bits per heavy atom. The van der Waals surface area contributed by atoms with Crippen molar-refractivity contribution >= 4 is 5.91 Å². The fraction of sp³-hybridized carbons (Fsp3) is 0.562. The molecule has 1 amide bonds. The van der Waals surface area contributed by atoms with Crippen LogP contribution >= 0.6 is 0 Å². The highest BCUT2D eigenvalue weighted by Gasteiger charge is 2.27. The Hall–Kier alpha value is -1.75. The van der Waals surface area contributed by atoms with E-state index < -0.39 is 0 Å². The molecule has 5 heteroatoms. The number of aromatic hydroxyl groups is 2. The molecule has 1 aliphatic carbocycles. The molecule has 0 bridgehead atoms. The smallest absolute Gasteiger partial charge is 0.258 e. The number of hydrogen-bond acceptors (Lipinski definition) is 4. The van der Waals surface area contributed by atoms with Crippen LogP contribution < -0.4 is 5.73 Å². The summed E-state index contributed by atoms with van der Waals surface area (Å²) in [7, 11) is 0. The minimum absolute atomic E-state index is 0.164. The lowest BCUT2D eigenvalue weighted by Crippen LogP contribution is -2.42. The number of hydrogen-bond donors (Lipinski definition) is 3. The van der Waals surface area contributed by atoms with Crippen molar-refractivity contribution in [3.63, 3.8) is 0 Å². The first-order valence-corrected chi connectivity index (χ1v) is 7.67. The van der Waals surface area contributed by atoms with E-state index in [1.165, 1.54) is 12.5 Å². The number of nitrogens with two attached hydrogens (primary N) is 1. The minimum Gasteiger partial charge on any atom is -0.504 e. The Kier molecular flexibility index (Phi) is 5.44. The fourth-order valence-corrected chi connectivity index (χ4v) is 2.96.